The van der Waals surface area contributed by atoms with Crippen LogP contribution in [0, 0.1) is 6.92 Å². The van der Waals surface area contributed by atoms with Crippen LogP contribution >= 0.6 is 0 Å². The quantitative estimate of drug-likeness (QED) is 0.903. The minimum Gasteiger partial charge on any atom is -0.497 e. The van der Waals surface area contributed by atoms with Crippen LogP contribution in [0.5, 0.6) is 5.75 Å². The molecule has 3 heteroatoms. The van der Waals surface area contributed by atoms with Crippen LogP contribution in [0.15, 0.2) is 36.7 Å². The van der Waals surface area contributed by atoms with E-state index in [1.807, 2.05) is 18.5 Å². The Labute approximate surface area is 120 Å². The first kappa shape index (κ1) is 13.1. The number of ether oxygens (including phenoxy) is 1. The Morgan fingerprint density at radius 1 is 1.25 bits per heavy atom. The van der Waals surface area contributed by atoms with E-state index in [9.17, 15) is 0 Å². The summed E-state index contributed by atoms with van der Waals surface area (Å²) in [5.74, 6) is 0.905. The fraction of sp³-hybridized carbons (Fsp3) is 0.353. The highest BCUT2D eigenvalue weighted by molar-refractivity contribution is 5.70. The lowest BCUT2D eigenvalue weighted by Crippen LogP contribution is -2.16. The number of pyridine rings is 1. The van der Waals surface area contributed by atoms with Crippen LogP contribution in [0.3, 0.4) is 0 Å². The summed E-state index contributed by atoms with van der Waals surface area (Å²) < 4.78 is 5.35. The zero-order chi connectivity index (χ0) is 13.9. The number of hydrogen-bond acceptors (Lipinski definition) is 3. The van der Waals surface area contributed by atoms with E-state index in [1.54, 1.807) is 7.11 Å². The lowest BCUT2D eigenvalue weighted by Gasteiger charge is -2.14. The van der Waals surface area contributed by atoms with Gasteiger partial charge in [0.25, 0.3) is 0 Å². The average Bonchev–Trinajstić information content (AvgIpc) is 3.30. The number of nitrogens with zero attached hydrogens (tertiary/aromatic N) is 1. The SMILES string of the molecule is COc1ccc(-c2cnccc2C)c(CNC2CC2)c1. The third-order valence-electron chi connectivity index (χ3n) is 3.80. The Balaban J connectivity index is 1.97. The summed E-state index contributed by atoms with van der Waals surface area (Å²) in [5.41, 5.74) is 4.96. The number of nitrogens with one attached hydrogen (secondary N) is 1. The van der Waals surface area contributed by atoms with Crippen LogP contribution in [0.25, 0.3) is 11.1 Å². The molecule has 0 amide bonds. The second kappa shape index (κ2) is 5.63. The number of methoxy groups -OCH3 is 1. The van der Waals surface area contributed by atoms with Gasteiger partial charge in [0, 0.05) is 30.5 Å². The number of aryl methyl sites for hydroxylation is 1. The van der Waals surface area contributed by atoms with E-state index in [-0.39, 0.29) is 0 Å². The molecule has 1 saturated carbocycles. The van der Waals surface area contributed by atoms with Crippen molar-refractivity contribution in [2.45, 2.75) is 32.4 Å². The lowest BCUT2D eigenvalue weighted by molar-refractivity contribution is 0.414. The van der Waals surface area contributed by atoms with Crippen molar-refractivity contribution in [3.05, 3.63) is 47.8 Å². The molecule has 1 aromatic heterocycles. The molecule has 1 aromatic carbocycles. The maximum absolute atomic E-state index is 5.35. The first-order chi connectivity index (χ1) is 9.78. The third-order valence-corrected chi connectivity index (χ3v) is 3.80. The van der Waals surface area contributed by atoms with Gasteiger partial charge in [-0.15, -0.1) is 0 Å². The molecule has 3 rings (SSSR count). The third kappa shape index (κ3) is 2.83. The molecule has 0 radical (unpaired) electrons. The molecule has 1 aliphatic rings. The molecule has 0 aliphatic heterocycles. The van der Waals surface area contributed by atoms with Gasteiger partial charge in [0.1, 0.15) is 5.75 Å². The van der Waals surface area contributed by atoms with Gasteiger partial charge in [-0.1, -0.05) is 6.07 Å². The molecule has 0 saturated heterocycles. The normalized spacial score (nSPS) is 14.3. The Morgan fingerprint density at radius 3 is 2.80 bits per heavy atom. The maximum Gasteiger partial charge on any atom is 0.119 e. The predicted octanol–water partition coefficient (Wildman–Crippen LogP) is 3.32. The van der Waals surface area contributed by atoms with Gasteiger partial charge in [0.15, 0.2) is 0 Å². The molecule has 104 valence electrons. The number of benzene rings is 1. The number of rotatable bonds is 5. The van der Waals surface area contributed by atoms with Crippen molar-refractivity contribution in [2.24, 2.45) is 0 Å². The zero-order valence-electron chi connectivity index (χ0n) is 12.0. The molecule has 20 heavy (non-hydrogen) atoms. The van der Waals surface area contributed by atoms with Crippen LogP contribution in [-0.4, -0.2) is 18.1 Å². The highest BCUT2D eigenvalue weighted by atomic mass is 16.5. The first-order valence-electron chi connectivity index (χ1n) is 7.09. The van der Waals surface area contributed by atoms with Crippen LogP contribution in [-0.2, 0) is 6.54 Å². The van der Waals surface area contributed by atoms with Crippen molar-refractivity contribution in [3.63, 3.8) is 0 Å². The zero-order valence-corrected chi connectivity index (χ0v) is 12.0. The van der Waals surface area contributed by atoms with Gasteiger partial charge >= 0.3 is 0 Å². The van der Waals surface area contributed by atoms with Gasteiger partial charge in [0.05, 0.1) is 7.11 Å². The van der Waals surface area contributed by atoms with E-state index in [4.69, 9.17) is 4.74 Å². The van der Waals surface area contributed by atoms with Crippen LogP contribution in [0.4, 0.5) is 0 Å². The smallest absolute Gasteiger partial charge is 0.119 e. The predicted molar refractivity (Wildman–Crippen MR) is 80.8 cm³/mol. The van der Waals surface area contributed by atoms with Gasteiger partial charge in [0.2, 0.25) is 0 Å². The van der Waals surface area contributed by atoms with E-state index in [2.05, 4.69) is 35.4 Å². The standard InChI is InChI=1S/C17H20N2O/c1-12-7-8-18-11-17(12)16-6-5-15(20-2)9-13(16)10-19-14-3-4-14/h5-9,11,14,19H,3-4,10H2,1-2H3. The minimum atomic E-state index is 0.698. The number of hydrogen-bond donors (Lipinski definition) is 1. The molecule has 0 atom stereocenters. The summed E-state index contributed by atoms with van der Waals surface area (Å²) in [6.07, 6.45) is 6.37. The average molecular weight is 268 g/mol. The summed E-state index contributed by atoms with van der Waals surface area (Å²) in [4.78, 5) is 4.26. The van der Waals surface area contributed by atoms with Crippen LogP contribution < -0.4 is 10.1 Å². The highest BCUT2D eigenvalue weighted by Gasteiger charge is 2.21. The summed E-state index contributed by atoms with van der Waals surface area (Å²) in [7, 11) is 1.71. The Bertz CT molecular complexity index is 606. The molecule has 1 fully saturated rings. The summed E-state index contributed by atoms with van der Waals surface area (Å²) in [6.45, 7) is 3.00. The molecule has 1 N–H and O–H groups in total. The van der Waals surface area contributed by atoms with Crippen molar-refractivity contribution in [2.75, 3.05) is 7.11 Å². The van der Waals surface area contributed by atoms with Crippen LogP contribution in [0.2, 0.25) is 0 Å². The maximum atomic E-state index is 5.35. The monoisotopic (exact) mass is 268 g/mol. The second-order valence-corrected chi connectivity index (χ2v) is 5.37. The molecular weight excluding hydrogens is 248 g/mol. The Kier molecular flexibility index (Phi) is 3.70. The molecule has 0 unspecified atom stereocenters. The molecule has 3 nitrogen and oxygen atoms in total. The van der Waals surface area contributed by atoms with Crippen LogP contribution in [0.1, 0.15) is 24.0 Å². The lowest BCUT2D eigenvalue weighted by atomic mass is 9.97. The molecule has 2 aromatic rings. The van der Waals surface area contributed by atoms with E-state index in [1.165, 1.54) is 35.1 Å². The Morgan fingerprint density at radius 2 is 2.10 bits per heavy atom. The van der Waals surface area contributed by atoms with Gasteiger partial charge < -0.3 is 10.1 Å². The van der Waals surface area contributed by atoms with E-state index in [0.29, 0.717) is 6.04 Å². The molecule has 1 heterocycles. The summed E-state index contributed by atoms with van der Waals surface area (Å²) in [5, 5.41) is 3.58. The largest absolute Gasteiger partial charge is 0.497 e. The van der Waals surface area contributed by atoms with Crippen molar-refractivity contribution >= 4 is 0 Å². The minimum absolute atomic E-state index is 0.698. The molecular formula is C17H20N2O. The fourth-order valence-electron chi connectivity index (χ4n) is 2.39. The van der Waals surface area contributed by atoms with E-state index in [0.717, 1.165) is 12.3 Å². The van der Waals surface area contributed by atoms with Gasteiger partial charge in [-0.2, -0.15) is 0 Å². The van der Waals surface area contributed by atoms with Crippen molar-refractivity contribution < 1.29 is 4.74 Å². The fourth-order valence-corrected chi connectivity index (χ4v) is 2.39. The van der Waals surface area contributed by atoms with Crippen molar-refractivity contribution in [1.29, 1.82) is 0 Å². The molecule has 0 spiro atoms. The molecule has 0 bridgehead atoms. The van der Waals surface area contributed by atoms with Gasteiger partial charge in [-0.05, 0) is 54.7 Å². The van der Waals surface area contributed by atoms with Crippen molar-refractivity contribution in [3.8, 4) is 16.9 Å². The molecule has 1 aliphatic carbocycles. The topological polar surface area (TPSA) is 34.1 Å². The Hall–Kier alpha value is -1.87. The summed E-state index contributed by atoms with van der Waals surface area (Å²) in [6, 6.07) is 9.02. The summed E-state index contributed by atoms with van der Waals surface area (Å²) >= 11 is 0. The van der Waals surface area contributed by atoms with Gasteiger partial charge in [-0.25, -0.2) is 0 Å². The highest BCUT2D eigenvalue weighted by Crippen LogP contribution is 2.30. The first-order valence-corrected chi connectivity index (χ1v) is 7.09. The van der Waals surface area contributed by atoms with E-state index < -0.39 is 0 Å². The van der Waals surface area contributed by atoms with E-state index >= 15 is 0 Å². The number of aromatic nitrogens is 1. The second-order valence-electron chi connectivity index (χ2n) is 5.37. The van der Waals surface area contributed by atoms with Crippen molar-refractivity contribution in [1.82, 2.24) is 10.3 Å². The van der Waals surface area contributed by atoms with Gasteiger partial charge in [-0.3, -0.25) is 4.98 Å².